The molecule has 3 nitrogen and oxygen atoms in total. The van der Waals surface area contributed by atoms with E-state index in [9.17, 15) is 0 Å². The first kappa shape index (κ1) is 14.0. The lowest BCUT2D eigenvalue weighted by Gasteiger charge is -2.00. The summed E-state index contributed by atoms with van der Waals surface area (Å²) in [5, 5.41) is 8.64. The van der Waals surface area contributed by atoms with E-state index in [1.54, 1.807) is 6.20 Å². The molecule has 1 N–H and O–H groups in total. The van der Waals surface area contributed by atoms with E-state index in [4.69, 9.17) is 5.11 Å². The summed E-state index contributed by atoms with van der Waals surface area (Å²) in [6.07, 6.45) is 16.5. The molecule has 1 aromatic rings. The van der Waals surface area contributed by atoms with Crippen LogP contribution in [0.2, 0.25) is 0 Å². The monoisotopic (exact) mass is 237 g/mol. The number of rotatable bonds is 10. The molecule has 0 radical (unpaired) electrons. The Morgan fingerprint density at radius 1 is 1.06 bits per heavy atom. The summed E-state index contributed by atoms with van der Waals surface area (Å²) in [5.74, 6) is 0. The van der Waals surface area contributed by atoms with Gasteiger partial charge in [-0.1, -0.05) is 32.3 Å². The van der Waals surface area contributed by atoms with Crippen molar-refractivity contribution in [2.45, 2.75) is 51.5 Å². The Balaban J connectivity index is 1.95. The quantitative estimate of drug-likeness (QED) is 0.492. The van der Waals surface area contributed by atoms with E-state index in [1.165, 1.54) is 38.5 Å². The molecule has 0 bridgehead atoms. The lowest BCUT2D eigenvalue weighted by Crippen LogP contribution is -2.30. The van der Waals surface area contributed by atoms with Crippen LogP contribution < -0.4 is 4.57 Å². The summed E-state index contributed by atoms with van der Waals surface area (Å²) < 4.78 is 4.17. The highest BCUT2D eigenvalue weighted by molar-refractivity contribution is 5.12. The van der Waals surface area contributed by atoms with Gasteiger partial charge in [0.15, 0.2) is 0 Å². The number of unbranched alkanes of at least 4 members (excludes halogenated alkanes) is 6. The minimum atomic E-state index is 0.344. The third-order valence-corrected chi connectivity index (χ3v) is 3.00. The molecule has 0 unspecified atom stereocenters. The maximum Gasteiger partial charge on any atom is 0.248 e. The van der Waals surface area contributed by atoms with Crippen LogP contribution in [0.3, 0.4) is 0 Å². The summed E-state index contributed by atoms with van der Waals surface area (Å²) in [5.41, 5.74) is 0. The highest BCUT2D eigenvalue weighted by atomic mass is 16.2. The normalized spacial score (nSPS) is 10.6. The predicted molar refractivity (Wildman–Crippen MR) is 70.4 cm³/mol. The number of nitrogens with zero attached hydrogens (tertiary/aromatic N) is 2. The minimum absolute atomic E-state index is 0.344. The zero-order chi connectivity index (χ0) is 12.3. The number of hydrogen-bond donors (Lipinski definition) is 1. The van der Waals surface area contributed by atoms with Crippen LogP contribution >= 0.6 is 0 Å². The zero-order valence-electron chi connectivity index (χ0n) is 10.7. The highest BCUT2D eigenvalue weighted by Gasteiger charge is 2.00. The summed E-state index contributed by atoms with van der Waals surface area (Å²) in [7, 11) is 0. The first-order valence-corrected chi connectivity index (χ1v) is 6.67. The van der Waals surface area contributed by atoms with Crippen LogP contribution in [0.5, 0.6) is 0 Å². The maximum atomic E-state index is 8.64. The molecule has 0 aliphatic heterocycles. The van der Waals surface area contributed by atoms with Crippen molar-refractivity contribution in [3.05, 3.63) is 25.3 Å². The molecule has 0 saturated carbocycles. The molecule has 1 heterocycles. The van der Waals surface area contributed by atoms with E-state index in [1.807, 2.05) is 10.8 Å². The number of aliphatic hydroxyl groups is 1. The van der Waals surface area contributed by atoms with Gasteiger partial charge in [0.2, 0.25) is 6.33 Å². The SMILES string of the molecule is C=Cn1cc[n+](CCCCCCCCCO)c1. The first-order valence-electron chi connectivity index (χ1n) is 6.67. The van der Waals surface area contributed by atoms with Crippen molar-refractivity contribution in [1.82, 2.24) is 4.57 Å². The molecule has 0 fully saturated rings. The standard InChI is InChI=1S/C14H25N2O/c1-2-15-11-12-16(14-15)10-8-6-4-3-5-7-9-13-17/h2,11-12,14,17H,1,3-10,13H2/q+1. The molecule has 0 aromatic carbocycles. The van der Waals surface area contributed by atoms with E-state index in [2.05, 4.69) is 23.7 Å². The van der Waals surface area contributed by atoms with Gasteiger partial charge in [0.25, 0.3) is 0 Å². The number of aromatic nitrogens is 2. The predicted octanol–water partition coefficient (Wildman–Crippen LogP) is 2.60. The lowest BCUT2D eigenvalue weighted by molar-refractivity contribution is -0.696. The van der Waals surface area contributed by atoms with Crippen molar-refractivity contribution >= 4 is 6.20 Å². The van der Waals surface area contributed by atoms with E-state index in [0.29, 0.717) is 6.61 Å². The van der Waals surface area contributed by atoms with Gasteiger partial charge in [0.05, 0.1) is 12.7 Å². The third kappa shape index (κ3) is 6.27. The molecule has 0 aliphatic carbocycles. The molecule has 0 amide bonds. The number of hydrogen-bond acceptors (Lipinski definition) is 1. The van der Waals surface area contributed by atoms with Crippen molar-refractivity contribution in [3.8, 4) is 0 Å². The van der Waals surface area contributed by atoms with Crippen LogP contribution in [0, 0.1) is 0 Å². The smallest absolute Gasteiger partial charge is 0.248 e. The van der Waals surface area contributed by atoms with E-state index in [-0.39, 0.29) is 0 Å². The van der Waals surface area contributed by atoms with Crippen LogP contribution in [0.1, 0.15) is 44.9 Å². The largest absolute Gasteiger partial charge is 0.396 e. The van der Waals surface area contributed by atoms with Crippen molar-refractivity contribution in [2.75, 3.05) is 6.61 Å². The molecule has 0 aliphatic rings. The Hall–Kier alpha value is -1.09. The van der Waals surface area contributed by atoms with Gasteiger partial charge in [0, 0.05) is 6.61 Å². The van der Waals surface area contributed by atoms with Crippen molar-refractivity contribution in [3.63, 3.8) is 0 Å². The van der Waals surface area contributed by atoms with Crippen LogP contribution in [0.15, 0.2) is 25.3 Å². The zero-order valence-corrected chi connectivity index (χ0v) is 10.7. The Morgan fingerprint density at radius 2 is 1.71 bits per heavy atom. The molecule has 0 spiro atoms. The average Bonchev–Trinajstić information content (AvgIpc) is 2.80. The molecule has 0 atom stereocenters. The number of aryl methyl sites for hydroxylation is 1. The first-order chi connectivity index (χ1) is 8.36. The van der Waals surface area contributed by atoms with Gasteiger partial charge >= 0.3 is 0 Å². The number of imidazole rings is 1. The van der Waals surface area contributed by atoms with Gasteiger partial charge in [0.1, 0.15) is 12.4 Å². The van der Waals surface area contributed by atoms with Crippen molar-refractivity contribution < 1.29 is 9.67 Å². The Bertz CT molecular complexity index is 307. The fraction of sp³-hybridized carbons (Fsp3) is 0.643. The lowest BCUT2D eigenvalue weighted by atomic mass is 10.1. The molecule has 1 aromatic heterocycles. The van der Waals surface area contributed by atoms with Gasteiger partial charge in [-0.15, -0.1) is 0 Å². The topological polar surface area (TPSA) is 29.0 Å². The highest BCUT2D eigenvalue weighted by Crippen LogP contribution is 2.06. The molecule has 0 saturated heterocycles. The van der Waals surface area contributed by atoms with E-state index < -0.39 is 0 Å². The minimum Gasteiger partial charge on any atom is -0.396 e. The van der Waals surface area contributed by atoms with Crippen LogP contribution in [0.25, 0.3) is 6.20 Å². The van der Waals surface area contributed by atoms with Crippen molar-refractivity contribution in [1.29, 1.82) is 0 Å². The second-order valence-electron chi connectivity index (χ2n) is 4.48. The molecule has 96 valence electrons. The Labute approximate surface area is 104 Å². The van der Waals surface area contributed by atoms with Crippen molar-refractivity contribution in [2.24, 2.45) is 0 Å². The summed E-state index contributed by atoms with van der Waals surface area (Å²) in [4.78, 5) is 0. The maximum absolute atomic E-state index is 8.64. The molecular formula is C14H25N2O+. The molecule has 17 heavy (non-hydrogen) atoms. The second-order valence-corrected chi connectivity index (χ2v) is 4.48. The van der Waals surface area contributed by atoms with Crippen LogP contribution in [0.4, 0.5) is 0 Å². The summed E-state index contributed by atoms with van der Waals surface area (Å²) in [6, 6.07) is 0. The fourth-order valence-electron chi connectivity index (χ4n) is 1.94. The van der Waals surface area contributed by atoms with Gasteiger partial charge < -0.3 is 5.11 Å². The summed E-state index contributed by atoms with van der Waals surface area (Å²) >= 11 is 0. The van der Waals surface area contributed by atoms with Crippen LogP contribution in [-0.4, -0.2) is 16.3 Å². The van der Waals surface area contributed by atoms with E-state index >= 15 is 0 Å². The van der Waals surface area contributed by atoms with E-state index in [0.717, 1.165) is 13.0 Å². The molecule has 3 heteroatoms. The van der Waals surface area contributed by atoms with Gasteiger partial charge in [-0.25, -0.2) is 9.13 Å². The van der Waals surface area contributed by atoms with Gasteiger partial charge in [-0.3, -0.25) is 0 Å². The molecular weight excluding hydrogens is 212 g/mol. The third-order valence-electron chi connectivity index (χ3n) is 3.00. The van der Waals surface area contributed by atoms with Gasteiger partial charge in [-0.05, 0) is 19.3 Å². The Morgan fingerprint density at radius 3 is 2.29 bits per heavy atom. The van der Waals surface area contributed by atoms with Gasteiger partial charge in [-0.2, -0.15) is 0 Å². The average molecular weight is 237 g/mol. The number of aliphatic hydroxyl groups excluding tert-OH is 1. The van der Waals surface area contributed by atoms with Crippen LogP contribution in [-0.2, 0) is 6.54 Å². The fourth-order valence-corrected chi connectivity index (χ4v) is 1.94. The molecule has 1 rings (SSSR count). The second kappa shape index (κ2) is 8.99. The summed E-state index contributed by atoms with van der Waals surface area (Å²) in [6.45, 7) is 5.16. The Kier molecular flexibility index (Phi) is 7.39.